The number of urea groups is 1. The Kier molecular flexibility index (Phi) is 9.55. The minimum Gasteiger partial charge on any atom is -0.493 e. The Morgan fingerprint density at radius 1 is 1.21 bits per heavy atom. The zero-order valence-electron chi connectivity index (χ0n) is 23.6. The van der Waals surface area contributed by atoms with Crippen LogP contribution in [0.5, 0.6) is 11.5 Å². The number of hydroxylamine groups is 2. The summed E-state index contributed by atoms with van der Waals surface area (Å²) in [4.78, 5) is 49.8. The van der Waals surface area contributed by atoms with Crippen molar-refractivity contribution < 1.29 is 33.8 Å². The number of carbonyl (C=O) groups is 3. The Morgan fingerprint density at radius 3 is 2.64 bits per heavy atom. The van der Waals surface area contributed by atoms with Crippen LogP contribution in [0.1, 0.15) is 50.2 Å². The van der Waals surface area contributed by atoms with Gasteiger partial charge >= 0.3 is 12.0 Å². The van der Waals surface area contributed by atoms with E-state index in [0.717, 1.165) is 36.1 Å². The van der Waals surface area contributed by atoms with Crippen molar-refractivity contribution in [1.82, 2.24) is 19.8 Å². The van der Waals surface area contributed by atoms with Crippen LogP contribution < -0.4 is 9.47 Å². The number of hydrogen-bond donors (Lipinski definition) is 1. The van der Waals surface area contributed by atoms with E-state index in [1.54, 1.807) is 24.0 Å². The first kappa shape index (κ1) is 28.9. The Balaban J connectivity index is 1.62. The molecule has 2 fully saturated rings. The molecule has 0 saturated carbocycles. The van der Waals surface area contributed by atoms with Gasteiger partial charge in [0.1, 0.15) is 0 Å². The number of benzene rings is 1. The number of hydrogen-bond acceptors (Lipinski definition) is 7. The van der Waals surface area contributed by atoms with Crippen molar-refractivity contribution in [3.05, 3.63) is 23.3 Å². The maximum absolute atomic E-state index is 13.4. The molecule has 3 aliphatic rings. The molecule has 1 aromatic carbocycles. The average Bonchev–Trinajstić information content (AvgIpc) is 3.62. The predicted molar refractivity (Wildman–Crippen MR) is 144 cm³/mol. The third kappa shape index (κ3) is 6.24. The fourth-order valence-corrected chi connectivity index (χ4v) is 5.97. The molecule has 0 aromatic heterocycles. The SMILES string of the molecule is CCCON(CCC)C(=O)CN1C[C@H](c2cc3c(c(OC)c2)OCC3)C(C(=O)O)[C@@H]1CCN1CCN(C)C1=O. The average molecular weight is 547 g/mol. The van der Waals surface area contributed by atoms with Crippen molar-refractivity contribution in [2.24, 2.45) is 5.92 Å². The van der Waals surface area contributed by atoms with Crippen molar-refractivity contribution in [3.63, 3.8) is 0 Å². The van der Waals surface area contributed by atoms with Gasteiger partial charge in [0.15, 0.2) is 11.5 Å². The highest BCUT2D eigenvalue weighted by molar-refractivity contribution is 5.78. The van der Waals surface area contributed by atoms with E-state index in [-0.39, 0.29) is 24.4 Å². The van der Waals surface area contributed by atoms with Crippen LogP contribution in [0.15, 0.2) is 12.1 Å². The van der Waals surface area contributed by atoms with Crippen LogP contribution in [0.2, 0.25) is 0 Å². The largest absolute Gasteiger partial charge is 0.493 e. The number of methoxy groups -OCH3 is 1. The summed E-state index contributed by atoms with van der Waals surface area (Å²) in [5.41, 5.74) is 1.88. The lowest BCUT2D eigenvalue weighted by Crippen LogP contribution is -2.45. The predicted octanol–water partition coefficient (Wildman–Crippen LogP) is 2.44. The van der Waals surface area contributed by atoms with E-state index in [4.69, 9.17) is 14.3 Å². The maximum Gasteiger partial charge on any atom is 0.319 e. The molecule has 0 spiro atoms. The van der Waals surface area contributed by atoms with Crippen LogP contribution >= 0.6 is 0 Å². The number of likely N-dealkylation sites (N-methyl/N-ethyl adjacent to an activating group) is 1. The quantitative estimate of drug-likeness (QED) is 0.376. The first-order valence-corrected chi connectivity index (χ1v) is 14.0. The molecule has 3 amide bonds. The summed E-state index contributed by atoms with van der Waals surface area (Å²) in [7, 11) is 3.35. The normalized spacial score (nSPS) is 22.8. The summed E-state index contributed by atoms with van der Waals surface area (Å²) >= 11 is 0. The molecule has 0 radical (unpaired) electrons. The van der Waals surface area contributed by atoms with Gasteiger partial charge in [-0.3, -0.25) is 19.3 Å². The Bertz CT molecular complexity index is 1050. The maximum atomic E-state index is 13.4. The van der Waals surface area contributed by atoms with Crippen LogP contribution in [0, 0.1) is 5.92 Å². The van der Waals surface area contributed by atoms with Gasteiger partial charge in [0.05, 0.1) is 32.8 Å². The van der Waals surface area contributed by atoms with Gasteiger partial charge in [0.2, 0.25) is 0 Å². The third-order valence-corrected chi connectivity index (χ3v) is 7.95. The number of carbonyl (C=O) groups excluding carboxylic acids is 2. The topological polar surface area (TPSA) is 112 Å². The van der Waals surface area contributed by atoms with E-state index < -0.39 is 17.9 Å². The summed E-state index contributed by atoms with van der Waals surface area (Å²) in [6.07, 6.45) is 2.72. The highest BCUT2D eigenvalue weighted by Gasteiger charge is 2.48. The molecule has 3 aliphatic heterocycles. The van der Waals surface area contributed by atoms with Crippen LogP contribution in [0.4, 0.5) is 4.79 Å². The van der Waals surface area contributed by atoms with E-state index in [1.807, 2.05) is 30.9 Å². The van der Waals surface area contributed by atoms with Gasteiger partial charge in [0, 0.05) is 63.7 Å². The molecule has 11 heteroatoms. The second kappa shape index (κ2) is 12.9. The van der Waals surface area contributed by atoms with E-state index in [0.29, 0.717) is 58.1 Å². The monoisotopic (exact) mass is 546 g/mol. The van der Waals surface area contributed by atoms with E-state index in [1.165, 1.54) is 5.06 Å². The lowest BCUT2D eigenvalue weighted by molar-refractivity contribution is -0.188. The summed E-state index contributed by atoms with van der Waals surface area (Å²) in [5.74, 6) is -0.884. The molecule has 0 aliphatic carbocycles. The second-order valence-electron chi connectivity index (χ2n) is 10.6. The Labute approximate surface area is 230 Å². The summed E-state index contributed by atoms with van der Waals surface area (Å²) < 4.78 is 11.3. The zero-order valence-corrected chi connectivity index (χ0v) is 23.6. The number of aliphatic carboxylic acids is 1. The molecule has 0 bridgehead atoms. The van der Waals surface area contributed by atoms with E-state index in [9.17, 15) is 19.5 Å². The smallest absolute Gasteiger partial charge is 0.319 e. The van der Waals surface area contributed by atoms with Gasteiger partial charge in [-0.05, 0) is 30.9 Å². The molecule has 3 atom stereocenters. The summed E-state index contributed by atoms with van der Waals surface area (Å²) in [5, 5.41) is 11.9. The molecular weight excluding hydrogens is 504 g/mol. The number of nitrogens with zero attached hydrogens (tertiary/aromatic N) is 4. The van der Waals surface area contributed by atoms with Crippen molar-refractivity contribution in [1.29, 1.82) is 0 Å². The first-order chi connectivity index (χ1) is 18.8. The van der Waals surface area contributed by atoms with Crippen LogP contribution in [-0.4, -0.2) is 115 Å². The van der Waals surface area contributed by atoms with Crippen LogP contribution in [-0.2, 0) is 20.8 Å². The van der Waals surface area contributed by atoms with Crippen molar-refractivity contribution in [2.45, 2.75) is 51.5 Å². The number of carboxylic acid groups (broad SMARTS) is 1. The second-order valence-corrected chi connectivity index (χ2v) is 10.6. The van der Waals surface area contributed by atoms with Gasteiger partial charge in [-0.1, -0.05) is 19.9 Å². The standard InChI is InChI=1S/C28H42N4O7/c1-5-9-32(39-13-6-2)24(33)18-31-17-21(20-15-19-8-14-38-26(19)23(16-20)37-4)25(27(34)35)22(31)7-10-30-12-11-29(3)28(30)36/h15-16,21-22,25H,5-14,17-18H2,1-4H3,(H,34,35)/t21-,22+,25?/m1/s1. The lowest BCUT2D eigenvalue weighted by Gasteiger charge is -2.30. The molecule has 1 N–H and O–H groups in total. The fraction of sp³-hybridized carbons (Fsp3) is 0.679. The Morgan fingerprint density at radius 2 is 2.00 bits per heavy atom. The van der Waals surface area contributed by atoms with Gasteiger partial charge < -0.3 is 24.4 Å². The summed E-state index contributed by atoms with van der Waals surface area (Å²) in [6.45, 7) is 7.59. The van der Waals surface area contributed by atoms with Crippen molar-refractivity contribution in [2.75, 3.05) is 66.6 Å². The lowest BCUT2D eigenvalue weighted by atomic mass is 9.83. The van der Waals surface area contributed by atoms with Gasteiger partial charge in [0.25, 0.3) is 5.91 Å². The number of likely N-dealkylation sites (tertiary alicyclic amines) is 1. The minimum atomic E-state index is -0.909. The number of fused-ring (bicyclic) bond motifs is 1. The molecule has 1 unspecified atom stereocenters. The number of amides is 3. The number of rotatable bonds is 13. The highest BCUT2D eigenvalue weighted by Crippen LogP contribution is 2.44. The fourth-order valence-electron chi connectivity index (χ4n) is 5.97. The molecule has 39 heavy (non-hydrogen) atoms. The van der Waals surface area contributed by atoms with Gasteiger partial charge in [-0.15, -0.1) is 0 Å². The molecule has 2 saturated heterocycles. The van der Waals surface area contributed by atoms with Crippen molar-refractivity contribution >= 4 is 17.9 Å². The van der Waals surface area contributed by atoms with Crippen LogP contribution in [0.3, 0.4) is 0 Å². The molecule has 11 nitrogen and oxygen atoms in total. The first-order valence-electron chi connectivity index (χ1n) is 14.0. The van der Waals surface area contributed by atoms with E-state index >= 15 is 0 Å². The van der Waals surface area contributed by atoms with Gasteiger partial charge in [-0.25, -0.2) is 9.86 Å². The van der Waals surface area contributed by atoms with Gasteiger partial charge in [-0.2, -0.15) is 0 Å². The molecule has 216 valence electrons. The summed E-state index contributed by atoms with van der Waals surface area (Å²) in [6, 6.07) is 3.42. The highest BCUT2D eigenvalue weighted by atomic mass is 16.7. The molecule has 4 rings (SSSR count). The Hall–Kier alpha value is -3.05. The molecular formula is C28H42N4O7. The zero-order chi connectivity index (χ0) is 28.1. The van der Waals surface area contributed by atoms with E-state index in [2.05, 4.69) is 0 Å². The van der Waals surface area contributed by atoms with Crippen LogP contribution in [0.25, 0.3) is 0 Å². The molecule has 1 aromatic rings. The molecule has 3 heterocycles. The number of ether oxygens (including phenoxy) is 2. The third-order valence-electron chi connectivity index (χ3n) is 7.95. The number of carboxylic acids is 1. The van der Waals surface area contributed by atoms with Crippen molar-refractivity contribution in [3.8, 4) is 11.5 Å². The minimum absolute atomic E-state index is 0.0493.